The standard InChI is InChI=1S/C21H25NO4S/c1-14(2)15-3-5-17(6-4-15)27(23,24)22-10-7-19-18-9-12-25-20(18)13-16-8-11-26-21(16)19/h3-6,13-14,22H,7-12H2,1-2H3. The lowest BCUT2D eigenvalue weighted by atomic mass is 9.97. The number of sulfonamides is 1. The normalized spacial score (nSPS) is 15.4. The van der Waals surface area contributed by atoms with Gasteiger partial charge in [-0.15, -0.1) is 0 Å². The summed E-state index contributed by atoms with van der Waals surface area (Å²) < 4.78 is 39.5. The summed E-state index contributed by atoms with van der Waals surface area (Å²) in [6, 6.07) is 9.18. The van der Waals surface area contributed by atoms with Crippen molar-refractivity contribution in [2.24, 2.45) is 0 Å². The topological polar surface area (TPSA) is 64.6 Å². The van der Waals surface area contributed by atoms with Crippen molar-refractivity contribution in [3.05, 3.63) is 52.6 Å². The summed E-state index contributed by atoms with van der Waals surface area (Å²) in [5.74, 6) is 2.24. The summed E-state index contributed by atoms with van der Waals surface area (Å²) in [4.78, 5) is 0.301. The first kappa shape index (κ1) is 18.3. The molecular formula is C21H25NO4S. The van der Waals surface area contributed by atoms with Crippen LogP contribution < -0.4 is 14.2 Å². The number of benzene rings is 2. The van der Waals surface area contributed by atoms with Gasteiger partial charge in [-0.25, -0.2) is 13.1 Å². The molecule has 2 heterocycles. The quantitative estimate of drug-likeness (QED) is 0.827. The lowest BCUT2D eigenvalue weighted by Gasteiger charge is -2.14. The molecule has 2 aliphatic heterocycles. The van der Waals surface area contributed by atoms with Crippen LogP contribution in [0.25, 0.3) is 0 Å². The Kier molecular flexibility index (Phi) is 4.86. The van der Waals surface area contributed by atoms with Crippen LogP contribution in [0.15, 0.2) is 35.2 Å². The van der Waals surface area contributed by atoms with Crippen LogP contribution in [0.3, 0.4) is 0 Å². The molecule has 0 atom stereocenters. The van der Waals surface area contributed by atoms with Gasteiger partial charge >= 0.3 is 0 Å². The van der Waals surface area contributed by atoms with Crippen LogP contribution in [0.2, 0.25) is 0 Å². The zero-order chi connectivity index (χ0) is 19.0. The van der Waals surface area contributed by atoms with Gasteiger partial charge in [-0.05, 0) is 36.1 Å². The van der Waals surface area contributed by atoms with Crippen LogP contribution >= 0.6 is 0 Å². The highest BCUT2D eigenvalue weighted by Crippen LogP contribution is 2.40. The maximum absolute atomic E-state index is 12.6. The van der Waals surface area contributed by atoms with Gasteiger partial charge in [0.2, 0.25) is 10.0 Å². The molecule has 144 valence electrons. The first-order valence-corrected chi connectivity index (χ1v) is 11.0. The molecule has 6 heteroatoms. The maximum Gasteiger partial charge on any atom is 0.240 e. The SMILES string of the molecule is CC(C)c1ccc(S(=O)(=O)NCCc2c3c(cc4c2OCC4)OCC3)cc1. The summed E-state index contributed by atoms with van der Waals surface area (Å²) in [6.07, 6.45) is 2.33. The van der Waals surface area contributed by atoms with Crippen molar-refractivity contribution in [1.29, 1.82) is 0 Å². The first-order chi connectivity index (χ1) is 13.0. The molecule has 0 amide bonds. The first-order valence-electron chi connectivity index (χ1n) is 9.48. The van der Waals surface area contributed by atoms with Gasteiger partial charge in [-0.3, -0.25) is 0 Å². The molecule has 0 radical (unpaired) electrons. The van der Waals surface area contributed by atoms with E-state index >= 15 is 0 Å². The van der Waals surface area contributed by atoms with Crippen LogP contribution in [0.1, 0.15) is 42.0 Å². The van der Waals surface area contributed by atoms with Crippen LogP contribution in [-0.2, 0) is 29.3 Å². The zero-order valence-corrected chi connectivity index (χ0v) is 16.6. The summed E-state index contributed by atoms with van der Waals surface area (Å²) in [6.45, 7) is 5.87. The number of hydrogen-bond acceptors (Lipinski definition) is 4. The molecule has 0 saturated heterocycles. The molecule has 2 aromatic carbocycles. The van der Waals surface area contributed by atoms with Gasteiger partial charge in [0, 0.05) is 36.1 Å². The largest absolute Gasteiger partial charge is 0.493 e. The Morgan fingerprint density at radius 3 is 2.56 bits per heavy atom. The van der Waals surface area contributed by atoms with Crippen molar-refractivity contribution in [2.75, 3.05) is 19.8 Å². The number of nitrogens with one attached hydrogen (secondary N) is 1. The highest BCUT2D eigenvalue weighted by atomic mass is 32.2. The second-order valence-electron chi connectivity index (χ2n) is 7.39. The molecule has 0 aliphatic carbocycles. The van der Waals surface area contributed by atoms with E-state index in [9.17, 15) is 8.42 Å². The fraction of sp³-hybridized carbons (Fsp3) is 0.429. The Bertz CT molecular complexity index is 917. The summed E-state index contributed by atoms with van der Waals surface area (Å²) >= 11 is 0. The summed E-state index contributed by atoms with van der Waals surface area (Å²) in [5, 5.41) is 0. The number of ether oxygens (including phenoxy) is 2. The van der Waals surface area contributed by atoms with Crippen molar-refractivity contribution >= 4 is 10.0 Å². The Morgan fingerprint density at radius 2 is 1.81 bits per heavy atom. The third-order valence-corrected chi connectivity index (χ3v) is 6.76. The predicted octanol–water partition coefficient (Wildman–Crippen LogP) is 3.20. The van der Waals surface area contributed by atoms with Crippen LogP contribution in [0.4, 0.5) is 0 Å². The fourth-order valence-electron chi connectivity index (χ4n) is 3.77. The van der Waals surface area contributed by atoms with Crippen LogP contribution in [-0.4, -0.2) is 28.2 Å². The lowest BCUT2D eigenvalue weighted by molar-refractivity contribution is 0.353. The summed E-state index contributed by atoms with van der Waals surface area (Å²) in [7, 11) is -3.52. The minimum Gasteiger partial charge on any atom is -0.493 e. The van der Waals surface area contributed by atoms with Crippen molar-refractivity contribution in [3.63, 3.8) is 0 Å². The average molecular weight is 388 g/mol. The van der Waals surface area contributed by atoms with E-state index in [4.69, 9.17) is 9.47 Å². The smallest absolute Gasteiger partial charge is 0.240 e. The van der Waals surface area contributed by atoms with Crippen molar-refractivity contribution in [2.45, 2.75) is 43.9 Å². The molecule has 0 bridgehead atoms. The predicted molar refractivity (Wildman–Crippen MR) is 104 cm³/mol. The Balaban J connectivity index is 1.49. The molecule has 0 spiro atoms. The van der Waals surface area contributed by atoms with E-state index in [1.165, 1.54) is 0 Å². The molecule has 27 heavy (non-hydrogen) atoms. The highest BCUT2D eigenvalue weighted by molar-refractivity contribution is 7.89. The van der Waals surface area contributed by atoms with Crippen molar-refractivity contribution < 1.29 is 17.9 Å². The fourth-order valence-corrected chi connectivity index (χ4v) is 4.81. The minimum absolute atomic E-state index is 0.301. The molecule has 0 fully saturated rings. The van der Waals surface area contributed by atoms with E-state index in [0.29, 0.717) is 37.0 Å². The Labute approximate surface area is 160 Å². The van der Waals surface area contributed by atoms with Gasteiger partial charge in [0.05, 0.1) is 18.1 Å². The third kappa shape index (κ3) is 3.56. The van der Waals surface area contributed by atoms with E-state index in [-0.39, 0.29) is 0 Å². The highest BCUT2D eigenvalue weighted by Gasteiger charge is 2.26. The van der Waals surface area contributed by atoms with E-state index < -0.39 is 10.0 Å². The monoisotopic (exact) mass is 387 g/mol. The van der Waals surface area contributed by atoms with Gasteiger partial charge in [0.1, 0.15) is 11.5 Å². The van der Waals surface area contributed by atoms with E-state index in [0.717, 1.165) is 46.6 Å². The second kappa shape index (κ2) is 7.17. The van der Waals surface area contributed by atoms with Crippen molar-refractivity contribution in [1.82, 2.24) is 4.72 Å². The maximum atomic E-state index is 12.6. The second-order valence-corrected chi connectivity index (χ2v) is 9.16. The molecule has 4 rings (SSSR count). The third-order valence-electron chi connectivity index (χ3n) is 5.28. The molecule has 2 aliphatic rings. The zero-order valence-electron chi connectivity index (χ0n) is 15.7. The minimum atomic E-state index is -3.52. The van der Waals surface area contributed by atoms with E-state index in [1.807, 2.05) is 12.1 Å². The molecule has 2 aromatic rings. The van der Waals surface area contributed by atoms with Gasteiger partial charge in [-0.1, -0.05) is 26.0 Å². The van der Waals surface area contributed by atoms with E-state index in [2.05, 4.69) is 24.6 Å². The molecule has 0 aromatic heterocycles. The van der Waals surface area contributed by atoms with Gasteiger partial charge < -0.3 is 9.47 Å². The lowest BCUT2D eigenvalue weighted by Crippen LogP contribution is -2.26. The number of rotatable bonds is 6. The number of hydrogen-bond donors (Lipinski definition) is 1. The number of fused-ring (bicyclic) bond motifs is 2. The molecular weight excluding hydrogens is 362 g/mol. The summed E-state index contributed by atoms with van der Waals surface area (Å²) in [5.41, 5.74) is 4.55. The van der Waals surface area contributed by atoms with Crippen LogP contribution in [0, 0.1) is 0 Å². The van der Waals surface area contributed by atoms with Gasteiger partial charge in [0.15, 0.2) is 0 Å². The molecule has 0 saturated carbocycles. The molecule has 5 nitrogen and oxygen atoms in total. The van der Waals surface area contributed by atoms with Crippen molar-refractivity contribution in [3.8, 4) is 11.5 Å². The molecule has 1 N–H and O–H groups in total. The van der Waals surface area contributed by atoms with Gasteiger partial charge in [-0.2, -0.15) is 0 Å². The van der Waals surface area contributed by atoms with Gasteiger partial charge in [0.25, 0.3) is 0 Å². The van der Waals surface area contributed by atoms with Crippen LogP contribution in [0.5, 0.6) is 11.5 Å². The Hall–Kier alpha value is -2.05. The average Bonchev–Trinajstić information content (AvgIpc) is 3.30. The molecule has 0 unspecified atom stereocenters. The Morgan fingerprint density at radius 1 is 1.07 bits per heavy atom. The van der Waals surface area contributed by atoms with E-state index in [1.54, 1.807) is 12.1 Å².